The van der Waals surface area contributed by atoms with Crippen LogP contribution in [0.25, 0.3) is 0 Å². The van der Waals surface area contributed by atoms with Gasteiger partial charge in [0, 0.05) is 17.1 Å². The molecule has 0 aliphatic rings. The van der Waals surface area contributed by atoms with Crippen molar-refractivity contribution in [1.29, 1.82) is 0 Å². The molecule has 170 valence electrons. The SMILES string of the molecule is CCOC(=O)c1ccc(NC(=O)COC(=O)CCC(=O)Nc2cc(Cl)ccc2OC)cc1. The molecular weight excluding hydrogens is 440 g/mol. The number of methoxy groups -OCH3 is 1. The normalized spacial score (nSPS) is 10.1. The maximum Gasteiger partial charge on any atom is 0.338 e. The molecule has 2 aromatic carbocycles. The van der Waals surface area contributed by atoms with E-state index in [9.17, 15) is 19.2 Å². The minimum absolute atomic E-state index is 0.147. The van der Waals surface area contributed by atoms with Crippen LogP contribution >= 0.6 is 11.6 Å². The van der Waals surface area contributed by atoms with Gasteiger partial charge in [-0.25, -0.2) is 4.79 Å². The molecule has 10 heteroatoms. The van der Waals surface area contributed by atoms with Crippen LogP contribution in [-0.4, -0.2) is 44.1 Å². The molecule has 0 bridgehead atoms. The number of amides is 2. The van der Waals surface area contributed by atoms with Crippen LogP contribution in [0, 0.1) is 0 Å². The van der Waals surface area contributed by atoms with Gasteiger partial charge in [0.25, 0.3) is 5.91 Å². The third-order valence-corrected chi connectivity index (χ3v) is 4.27. The lowest BCUT2D eigenvalue weighted by Gasteiger charge is -2.10. The van der Waals surface area contributed by atoms with Crippen LogP contribution in [0.5, 0.6) is 5.75 Å². The molecule has 0 aromatic heterocycles. The van der Waals surface area contributed by atoms with Crippen molar-refractivity contribution in [2.75, 3.05) is 31.0 Å². The molecule has 2 N–H and O–H groups in total. The highest BCUT2D eigenvalue weighted by molar-refractivity contribution is 6.31. The molecule has 0 aliphatic heterocycles. The summed E-state index contributed by atoms with van der Waals surface area (Å²) < 4.78 is 14.9. The van der Waals surface area contributed by atoms with Gasteiger partial charge in [0.2, 0.25) is 5.91 Å². The van der Waals surface area contributed by atoms with Crippen LogP contribution in [0.2, 0.25) is 5.02 Å². The molecule has 0 radical (unpaired) electrons. The second-order valence-corrected chi connectivity index (χ2v) is 6.84. The van der Waals surface area contributed by atoms with Crippen molar-refractivity contribution in [3.63, 3.8) is 0 Å². The zero-order chi connectivity index (χ0) is 23.5. The summed E-state index contributed by atoms with van der Waals surface area (Å²) in [6, 6.07) is 10.8. The molecule has 0 atom stereocenters. The second-order valence-electron chi connectivity index (χ2n) is 6.40. The Morgan fingerprint density at radius 2 is 1.62 bits per heavy atom. The maximum absolute atomic E-state index is 12.1. The van der Waals surface area contributed by atoms with E-state index in [1.807, 2.05) is 0 Å². The summed E-state index contributed by atoms with van der Waals surface area (Å²) in [5.74, 6) is -1.73. The van der Waals surface area contributed by atoms with E-state index >= 15 is 0 Å². The minimum Gasteiger partial charge on any atom is -0.495 e. The highest BCUT2D eigenvalue weighted by atomic mass is 35.5. The van der Waals surface area contributed by atoms with Crippen LogP contribution in [0.15, 0.2) is 42.5 Å². The Labute approximate surface area is 190 Å². The predicted octanol–water partition coefficient (Wildman–Crippen LogP) is 3.43. The molecule has 0 saturated heterocycles. The first-order valence-corrected chi connectivity index (χ1v) is 10.1. The lowest BCUT2D eigenvalue weighted by molar-refractivity contribution is -0.147. The fourth-order valence-corrected chi connectivity index (χ4v) is 2.70. The van der Waals surface area contributed by atoms with Crippen molar-refractivity contribution in [2.24, 2.45) is 0 Å². The van der Waals surface area contributed by atoms with E-state index in [-0.39, 0.29) is 19.4 Å². The van der Waals surface area contributed by atoms with Gasteiger partial charge in [-0.05, 0) is 49.4 Å². The van der Waals surface area contributed by atoms with Crippen molar-refractivity contribution in [1.82, 2.24) is 0 Å². The monoisotopic (exact) mass is 462 g/mol. The van der Waals surface area contributed by atoms with Crippen LogP contribution in [0.1, 0.15) is 30.1 Å². The largest absolute Gasteiger partial charge is 0.495 e. The van der Waals surface area contributed by atoms with E-state index in [2.05, 4.69) is 10.6 Å². The average Bonchev–Trinajstić information content (AvgIpc) is 2.77. The smallest absolute Gasteiger partial charge is 0.338 e. The first kappa shape index (κ1) is 24.7. The molecule has 0 spiro atoms. The zero-order valence-electron chi connectivity index (χ0n) is 17.6. The van der Waals surface area contributed by atoms with Gasteiger partial charge in [-0.3, -0.25) is 14.4 Å². The van der Waals surface area contributed by atoms with Gasteiger partial charge in [-0.15, -0.1) is 0 Å². The van der Waals surface area contributed by atoms with E-state index < -0.39 is 30.4 Å². The number of hydrogen-bond acceptors (Lipinski definition) is 7. The van der Waals surface area contributed by atoms with Gasteiger partial charge in [0.1, 0.15) is 5.75 Å². The van der Waals surface area contributed by atoms with Gasteiger partial charge >= 0.3 is 11.9 Å². The Kier molecular flexibility index (Phi) is 9.49. The standard InChI is InChI=1S/C22H23ClN2O7/c1-3-31-22(29)14-4-7-16(8-5-14)24-20(27)13-32-21(28)11-10-19(26)25-17-12-15(23)6-9-18(17)30-2/h4-9,12H,3,10-11,13H2,1-2H3,(H,24,27)(H,25,26). The van der Waals surface area contributed by atoms with Crippen molar-refractivity contribution in [2.45, 2.75) is 19.8 Å². The summed E-state index contributed by atoms with van der Waals surface area (Å²) in [5.41, 5.74) is 1.16. The summed E-state index contributed by atoms with van der Waals surface area (Å²) >= 11 is 5.91. The molecule has 0 unspecified atom stereocenters. The van der Waals surface area contributed by atoms with Crippen molar-refractivity contribution < 1.29 is 33.4 Å². The van der Waals surface area contributed by atoms with Gasteiger partial charge in [-0.1, -0.05) is 11.6 Å². The summed E-state index contributed by atoms with van der Waals surface area (Å²) in [6.45, 7) is 1.46. The molecule has 2 aromatic rings. The van der Waals surface area contributed by atoms with Crippen LogP contribution in [0.4, 0.5) is 11.4 Å². The number of hydrogen-bond donors (Lipinski definition) is 2. The van der Waals surface area contributed by atoms with Crippen molar-refractivity contribution in [3.05, 3.63) is 53.1 Å². The van der Waals surface area contributed by atoms with Crippen LogP contribution in [-0.2, 0) is 23.9 Å². The lowest BCUT2D eigenvalue weighted by Crippen LogP contribution is -2.22. The zero-order valence-corrected chi connectivity index (χ0v) is 18.4. The Morgan fingerprint density at radius 3 is 2.28 bits per heavy atom. The van der Waals surface area contributed by atoms with Gasteiger partial charge in [-0.2, -0.15) is 0 Å². The fourth-order valence-electron chi connectivity index (χ4n) is 2.53. The van der Waals surface area contributed by atoms with Gasteiger partial charge in [0.05, 0.1) is 31.4 Å². The van der Waals surface area contributed by atoms with E-state index in [0.29, 0.717) is 27.7 Å². The summed E-state index contributed by atoms with van der Waals surface area (Å²) in [5, 5.41) is 5.56. The van der Waals surface area contributed by atoms with Crippen molar-refractivity contribution >= 4 is 46.7 Å². The topological polar surface area (TPSA) is 120 Å². The number of carbonyl (C=O) groups excluding carboxylic acids is 4. The molecular formula is C22H23ClN2O7. The number of ether oxygens (including phenoxy) is 3. The molecule has 0 aliphatic carbocycles. The van der Waals surface area contributed by atoms with Crippen LogP contribution < -0.4 is 15.4 Å². The highest BCUT2D eigenvalue weighted by Gasteiger charge is 2.13. The fraction of sp³-hybridized carbons (Fsp3) is 0.273. The van der Waals surface area contributed by atoms with E-state index in [4.69, 9.17) is 25.8 Å². The maximum atomic E-state index is 12.1. The Bertz CT molecular complexity index is 977. The summed E-state index contributed by atoms with van der Waals surface area (Å²) in [4.78, 5) is 47.4. The van der Waals surface area contributed by atoms with Crippen molar-refractivity contribution in [3.8, 4) is 5.75 Å². The molecule has 9 nitrogen and oxygen atoms in total. The van der Waals surface area contributed by atoms with Gasteiger partial charge < -0.3 is 24.8 Å². The van der Waals surface area contributed by atoms with Gasteiger partial charge in [0.15, 0.2) is 6.61 Å². The van der Waals surface area contributed by atoms with E-state index in [1.54, 1.807) is 19.1 Å². The number of anilines is 2. The lowest BCUT2D eigenvalue weighted by atomic mass is 10.2. The van der Waals surface area contributed by atoms with Crippen LogP contribution in [0.3, 0.4) is 0 Å². The molecule has 0 heterocycles. The molecule has 2 rings (SSSR count). The number of esters is 2. The predicted molar refractivity (Wildman–Crippen MR) is 118 cm³/mol. The first-order chi connectivity index (χ1) is 15.3. The molecule has 32 heavy (non-hydrogen) atoms. The number of halogens is 1. The minimum atomic E-state index is -0.703. The number of benzene rings is 2. The third kappa shape index (κ3) is 7.92. The summed E-state index contributed by atoms with van der Waals surface area (Å²) in [6.07, 6.45) is -0.359. The summed E-state index contributed by atoms with van der Waals surface area (Å²) in [7, 11) is 1.45. The van der Waals surface area contributed by atoms with E-state index in [1.165, 1.54) is 37.4 Å². The van der Waals surface area contributed by atoms with E-state index in [0.717, 1.165) is 0 Å². The molecule has 2 amide bonds. The average molecular weight is 463 g/mol. The number of carbonyl (C=O) groups is 4. The molecule has 0 fully saturated rings. The Morgan fingerprint density at radius 1 is 0.906 bits per heavy atom. The Balaban J connectivity index is 1.73. The first-order valence-electron chi connectivity index (χ1n) is 9.68. The molecule has 0 saturated carbocycles. The number of nitrogens with one attached hydrogen (secondary N) is 2. The quantitative estimate of drug-likeness (QED) is 0.519. The Hall–Kier alpha value is -3.59. The third-order valence-electron chi connectivity index (χ3n) is 4.04. The highest BCUT2D eigenvalue weighted by Crippen LogP contribution is 2.27. The second kappa shape index (κ2) is 12.3. The number of rotatable bonds is 10.